The van der Waals surface area contributed by atoms with Crippen LogP contribution >= 0.6 is 0 Å². The Labute approximate surface area is 219 Å². The molecule has 0 unspecified atom stereocenters. The molecule has 2 aromatic heterocycles. The summed E-state index contributed by atoms with van der Waals surface area (Å²) in [4.78, 5) is 36.4. The maximum Gasteiger partial charge on any atom is 0.255 e. The highest BCUT2D eigenvalue weighted by atomic mass is 19.1. The highest BCUT2D eigenvalue weighted by Crippen LogP contribution is 2.23. The molecule has 5 aromatic rings. The number of nitrogens with one attached hydrogen (secondary N) is 1. The van der Waals surface area contributed by atoms with Gasteiger partial charge in [-0.1, -0.05) is 0 Å². The molecule has 0 saturated heterocycles. The Kier molecular flexibility index (Phi) is 6.95. The predicted octanol–water partition coefficient (Wildman–Crippen LogP) is 5.78. The van der Waals surface area contributed by atoms with Gasteiger partial charge in [-0.15, -0.1) is 0 Å². The Balaban J connectivity index is 1.32. The second-order valence-corrected chi connectivity index (χ2v) is 8.88. The van der Waals surface area contributed by atoms with E-state index >= 15 is 0 Å². The zero-order valence-electron chi connectivity index (χ0n) is 21.1. The van der Waals surface area contributed by atoms with Crippen molar-refractivity contribution in [1.82, 2.24) is 19.4 Å². The van der Waals surface area contributed by atoms with Crippen molar-refractivity contribution in [3.8, 4) is 5.69 Å². The number of aromatic nitrogens is 3. The van der Waals surface area contributed by atoms with Gasteiger partial charge < -0.3 is 10.2 Å². The molecule has 1 N–H and O–H groups in total. The van der Waals surface area contributed by atoms with Gasteiger partial charge in [0.2, 0.25) is 0 Å². The smallest absolute Gasteiger partial charge is 0.255 e. The zero-order valence-corrected chi connectivity index (χ0v) is 21.1. The van der Waals surface area contributed by atoms with Crippen LogP contribution in [-0.2, 0) is 6.54 Å². The van der Waals surface area contributed by atoms with E-state index in [2.05, 4.69) is 15.3 Å². The summed E-state index contributed by atoms with van der Waals surface area (Å²) in [7, 11) is 0. The van der Waals surface area contributed by atoms with Crippen LogP contribution in [0.25, 0.3) is 16.7 Å². The molecule has 0 aliphatic heterocycles. The lowest BCUT2D eigenvalue weighted by molar-refractivity contribution is 0.0752. The van der Waals surface area contributed by atoms with E-state index in [0.717, 1.165) is 28.1 Å². The molecule has 8 heteroatoms. The summed E-state index contributed by atoms with van der Waals surface area (Å²) in [5.74, 6) is 0.0367. The maximum absolute atomic E-state index is 13.4. The molecule has 0 aliphatic rings. The summed E-state index contributed by atoms with van der Waals surface area (Å²) in [6, 6.07) is 22.1. The van der Waals surface area contributed by atoms with E-state index < -0.39 is 0 Å². The number of fused-ring (bicyclic) bond motifs is 1. The van der Waals surface area contributed by atoms with Crippen molar-refractivity contribution < 1.29 is 14.0 Å². The standard InChI is InChI=1S/C30H26FN5O2/c1-3-35(19-21-14-16-32-17-15-21)30(38)22-4-9-25(10-5-22)34-29(37)23-6-13-27-28(18-23)36(20(2)33-27)26-11-7-24(31)8-12-26/h4-18H,3,19H2,1-2H3,(H,34,37). The van der Waals surface area contributed by atoms with Gasteiger partial charge in [-0.25, -0.2) is 9.37 Å². The van der Waals surface area contributed by atoms with E-state index in [1.165, 1.54) is 12.1 Å². The topological polar surface area (TPSA) is 80.1 Å². The Hall–Kier alpha value is -4.85. The molecule has 0 radical (unpaired) electrons. The minimum absolute atomic E-state index is 0.0861. The zero-order chi connectivity index (χ0) is 26.6. The predicted molar refractivity (Wildman–Crippen MR) is 145 cm³/mol. The summed E-state index contributed by atoms with van der Waals surface area (Å²) in [6.07, 6.45) is 3.42. The Bertz CT molecular complexity index is 1600. The van der Waals surface area contributed by atoms with E-state index in [0.29, 0.717) is 29.9 Å². The second kappa shape index (κ2) is 10.6. The van der Waals surface area contributed by atoms with Crippen LogP contribution in [0.15, 0.2) is 91.3 Å². The number of imidazole rings is 1. The number of carbonyl (C=O) groups excluding carboxylic acids is 2. The van der Waals surface area contributed by atoms with Gasteiger partial charge in [-0.2, -0.15) is 0 Å². The number of nitrogens with zero attached hydrogens (tertiary/aromatic N) is 4. The Morgan fingerprint density at radius 1 is 0.921 bits per heavy atom. The lowest BCUT2D eigenvalue weighted by atomic mass is 10.1. The molecule has 0 saturated carbocycles. The number of hydrogen-bond acceptors (Lipinski definition) is 4. The van der Waals surface area contributed by atoms with Gasteiger partial charge in [0.25, 0.3) is 11.8 Å². The van der Waals surface area contributed by atoms with Gasteiger partial charge in [0.1, 0.15) is 11.6 Å². The first-order chi connectivity index (χ1) is 18.4. The largest absolute Gasteiger partial charge is 0.335 e. The fraction of sp³-hybridized carbons (Fsp3) is 0.133. The van der Waals surface area contributed by atoms with E-state index in [1.54, 1.807) is 71.9 Å². The Morgan fingerprint density at radius 2 is 1.61 bits per heavy atom. The molecule has 190 valence electrons. The minimum Gasteiger partial charge on any atom is -0.335 e. The monoisotopic (exact) mass is 507 g/mol. The van der Waals surface area contributed by atoms with Gasteiger partial charge >= 0.3 is 0 Å². The average molecular weight is 508 g/mol. The number of aryl methyl sites for hydroxylation is 1. The van der Waals surface area contributed by atoms with E-state index in [-0.39, 0.29) is 17.6 Å². The quantitative estimate of drug-likeness (QED) is 0.303. The number of rotatable bonds is 7. The molecule has 0 aliphatic carbocycles. The van der Waals surface area contributed by atoms with Crippen molar-refractivity contribution in [3.63, 3.8) is 0 Å². The van der Waals surface area contributed by atoms with Crippen molar-refractivity contribution in [3.05, 3.63) is 120 Å². The van der Waals surface area contributed by atoms with Crippen LogP contribution in [0.2, 0.25) is 0 Å². The number of halogens is 1. The highest BCUT2D eigenvalue weighted by molar-refractivity contribution is 6.06. The number of amides is 2. The third kappa shape index (κ3) is 5.15. The van der Waals surface area contributed by atoms with Crippen LogP contribution < -0.4 is 5.32 Å². The average Bonchev–Trinajstić information content (AvgIpc) is 3.27. The normalized spacial score (nSPS) is 10.9. The number of carbonyl (C=O) groups is 2. The third-order valence-corrected chi connectivity index (χ3v) is 6.35. The third-order valence-electron chi connectivity index (χ3n) is 6.35. The van der Waals surface area contributed by atoms with E-state index in [9.17, 15) is 14.0 Å². The van der Waals surface area contributed by atoms with Gasteiger partial charge in [-0.05, 0) is 98.3 Å². The highest BCUT2D eigenvalue weighted by Gasteiger charge is 2.16. The number of benzene rings is 3. The van der Waals surface area contributed by atoms with Gasteiger partial charge in [-0.3, -0.25) is 19.1 Å². The maximum atomic E-state index is 13.4. The van der Waals surface area contributed by atoms with Crippen LogP contribution in [0.3, 0.4) is 0 Å². The van der Waals surface area contributed by atoms with Crippen LogP contribution in [0.1, 0.15) is 39.0 Å². The van der Waals surface area contributed by atoms with E-state index in [1.807, 2.05) is 30.5 Å². The molecule has 0 spiro atoms. The molecule has 2 heterocycles. The molecular formula is C30H26FN5O2. The molecule has 38 heavy (non-hydrogen) atoms. The van der Waals surface area contributed by atoms with Crippen LogP contribution in [-0.4, -0.2) is 37.8 Å². The first kappa shape index (κ1) is 24.8. The van der Waals surface area contributed by atoms with Crippen LogP contribution in [0, 0.1) is 12.7 Å². The fourth-order valence-corrected chi connectivity index (χ4v) is 4.37. The SMILES string of the molecule is CCN(Cc1ccncc1)C(=O)c1ccc(NC(=O)c2ccc3nc(C)n(-c4ccc(F)cc4)c3c2)cc1. The molecule has 5 rings (SSSR count). The molecule has 0 fully saturated rings. The summed E-state index contributed by atoms with van der Waals surface area (Å²) in [5.41, 5.74) is 4.82. The summed E-state index contributed by atoms with van der Waals surface area (Å²) < 4.78 is 15.3. The Morgan fingerprint density at radius 3 is 2.29 bits per heavy atom. The molecule has 0 bridgehead atoms. The van der Waals surface area contributed by atoms with Gasteiger partial charge in [0, 0.05) is 48.0 Å². The summed E-state index contributed by atoms with van der Waals surface area (Å²) in [6.45, 7) is 4.86. The first-order valence-corrected chi connectivity index (χ1v) is 12.3. The fourth-order valence-electron chi connectivity index (χ4n) is 4.37. The van der Waals surface area contributed by atoms with Gasteiger partial charge in [0.05, 0.1) is 11.0 Å². The summed E-state index contributed by atoms with van der Waals surface area (Å²) in [5, 5.41) is 2.90. The van der Waals surface area contributed by atoms with Crippen molar-refractivity contribution in [2.45, 2.75) is 20.4 Å². The van der Waals surface area contributed by atoms with Crippen LogP contribution in [0.5, 0.6) is 0 Å². The van der Waals surface area contributed by atoms with E-state index in [4.69, 9.17) is 0 Å². The molecule has 7 nitrogen and oxygen atoms in total. The first-order valence-electron chi connectivity index (χ1n) is 12.3. The van der Waals surface area contributed by atoms with Crippen molar-refractivity contribution in [2.75, 3.05) is 11.9 Å². The van der Waals surface area contributed by atoms with Crippen LogP contribution in [0.4, 0.5) is 10.1 Å². The summed E-state index contributed by atoms with van der Waals surface area (Å²) >= 11 is 0. The molecule has 2 amide bonds. The van der Waals surface area contributed by atoms with Crippen molar-refractivity contribution in [1.29, 1.82) is 0 Å². The second-order valence-electron chi connectivity index (χ2n) is 8.88. The number of hydrogen-bond donors (Lipinski definition) is 1. The number of pyridine rings is 1. The van der Waals surface area contributed by atoms with Gasteiger partial charge in [0.15, 0.2) is 0 Å². The lowest BCUT2D eigenvalue weighted by Gasteiger charge is -2.21. The molecule has 3 aromatic carbocycles. The van der Waals surface area contributed by atoms with Crippen molar-refractivity contribution in [2.24, 2.45) is 0 Å². The van der Waals surface area contributed by atoms with Crippen molar-refractivity contribution >= 4 is 28.5 Å². The number of anilines is 1. The lowest BCUT2D eigenvalue weighted by Crippen LogP contribution is -2.30. The molecule has 0 atom stereocenters. The molecular weight excluding hydrogens is 481 g/mol. The minimum atomic E-state index is -0.320.